The van der Waals surface area contributed by atoms with Crippen molar-refractivity contribution in [3.63, 3.8) is 0 Å². The van der Waals surface area contributed by atoms with E-state index in [9.17, 15) is 5.11 Å². The highest BCUT2D eigenvalue weighted by Gasteiger charge is 2.21. The molecule has 9 rings (SSSR count). The van der Waals surface area contributed by atoms with Gasteiger partial charge in [-0.05, 0) is 124 Å². The van der Waals surface area contributed by atoms with Gasteiger partial charge in [0.1, 0.15) is 11.6 Å². The SMILES string of the molecule is [2H]C([2H])([2H])c1cc(-n2c(-c3ccccc3O)nc3c(-c4cc(-c5ccccc5)cc(-c5cc(-c6ccccc6)ccn5)c4)cccc32)cc(-c2ccccc2)c1C([2H])([2H])[2H]. The van der Waals surface area contributed by atoms with E-state index in [1.165, 1.54) is 6.07 Å². The molecular weight excluding hydrogens is 659 g/mol. The zero-order valence-corrected chi connectivity index (χ0v) is 29.1. The third kappa shape index (κ3) is 6.04. The summed E-state index contributed by atoms with van der Waals surface area (Å²) in [5, 5.41) is 11.3. The molecule has 0 fully saturated rings. The predicted molar refractivity (Wildman–Crippen MR) is 223 cm³/mol. The van der Waals surface area contributed by atoms with E-state index in [0.717, 1.165) is 44.6 Å². The number of aryl methyl sites for hydroxylation is 1. The standard InChI is InChI=1S/C50H37N3O/c1-33-27-42(32-45(34(33)2)37-19-10-5-11-20-37)53-47-23-14-22-43(49(47)52-50(53)44-21-12-13-24-48(44)54)40-28-39(36-17-8-4-9-18-36)29-41(30-40)46-31-38(25-26-51-46)35-15-6-3-7-16-35/h3-32,54H,1-2H3/i1D3,2D3. The van der Waals surface area contributed by atoms with E-state index in [-0.39, 0.29) is 22.4 Å². The van der Waals surface area contributed by atoms with Crippen molar-refractivity contribution >= 4 is 11.0 Å². The Kier molecular flexibility index (Phi) is 6.84. The van der Waals surface area contributed by atoms with Crippen LogP contribution in [0.25, 0.3) is 83.9 Å². The Balaban J connectivity index is 1.33. The van der Waals surface area contributed by atoms with Crippen LogP contribution in [0, 0.1) is 13.7 Å². The summed E-state index contributed by atoms with van der Waals surface area (Å²) in [6, 6.07) is 55.5. The number of pyridine rings is 1. The van der Waals surface area contributed by atoms with Crippen molar-refractivity contribution in [1.82, 2.24) is 14.5 Å². The van der Waals surface area contributed by atoms with Gasteiger partial charge in [-0.3, -0.25) is 9.55 Å². The van der Waals surface area contributed by atoms with Gasteiger partial charge in [-0.15, -0.1) is 0 Å². The minimum atomic E-state index is -2.78. The van der Waals surface area contributed by atoms with Gasteiger partial charge < -0.3 is 5.11 Å². The summed E-state index contributed by atoms with van der Waals surface area (Å²) < 4.78 is 53.2. The fourth-order valence-electron chi connectivity index (χ4n) is 7.17. The molecule has 0 bridgehead atoms. The van der Waals surface area contributed by atoms with Crippen LogP contribution in [0.5, 0.6) is 5.75 Å². The zero-order chi connectivity index (χ0) is 41.6. The number of imidazole rings is 1. The quantitative estimate of drug-likeness (QED) is 0.180. The van der Waals surface area contributed by atoms with Crippen LogP contribution < -0.4 is 0 Å². The maximum absolute atomic E-state index is 11.3. The monoisotopic (exact) mass is 701 g/mol. The Morgan fingerprint density at radius 2 is 1.15 bits per heavy atom. The minimum Gasteiger partial charge on any atom is -0.507 e. The summed E-state index contributed by atoms with van der Waals surface area (Å²) in [6.45, 7) is -5.52. The number of phenolic OH excluding ortho intramolecular Hbond substituents is 1. The Labute approximate surface area is 323 Å². The van der Waals surface area contributed by atoms with E-state index in [1.54, 1.807) is 54.6 Å². The molecule has 0 unspecified atom stereocenters. The average Bonchev–Trinajstić information content (AvgIpc) is 3.66. The number of benzene rings is 7. The summed E-state index contributed by atoms with van der Waals surface area (Å²) in [4.78, 5) is 10.1. The molecule has 0 amide bonds. The van der Waals surface area contributed by atoms with Crippen molar-refractivity contribution in [1.29, 1.82) is 0 Å². The molecule has 1 N–H and O–H groups in total. The smallest absolute Gasteiger partial charge is 0.149 e. The van der Waals surface area contributed by atoms with Crippen molar-refractivity contribution in [2.45, 2.75) is 13.7 Å². The number of aromatic nitrogens is 3. The molecule has 0 aliphatic heterocycles. The molecule has 4 heteroatoms. The second kappa shape index (κ2) is 13.8. The lowest BCUT2D eigenvalue weighted by molar-refractivity contribution is 0.477. The van der Waals surface area contributed by atoms with Crippen molar-refractivity contribution in [3.05, 3.63) is 193 Å². The molecule has 2 aromatic heterocycles. The van der Waals surface area contributed by atoms with Crippen molar-refractivity contribution in [2.24, 2.45) is 0 Å². The van der Waals surface area contributed by atoms with Gasteiger partial charge >= 0.3 is 0 Å². The number of hydrogen-bond donors (Lipinski definition) is 1. The van der Waals surface area contributed by atoms with Crippen LogP contribution in [-0.4, -0.2) is 19.6 Å². The van der Waals surface area contributed by atoms with Gasteiger partial charge in [-0.25, -0.2) is 4.98 Å². The van der Waals surface area contributed by atoms with Crippen LogP contribution in [0.4, 0.5) is 0 Å². The first-order chi connectivity index (χ1) is 28.9. The summed E-state index contributed by atoms with van der Waals surface area (Å²) >= 11 is 0. The predicted octanol–water partition coefficient (Wildman–Crippen LogP) is 12.7. The molecule has 9 aromatic rings. The third-order valence-corrected chi connectivity index (χ3v) is 9.81. The summed E-state index contributed by atoms with van der Waals surface area (Å²) in [6.07, 6.45) is 1.82. The van der Waals surface area contributed by atoms with Gasteiger partial charge in [-0.1, -0.05) is 115 Å². The Morgan fingerprint density at radius 1 is 0.500 bits per heavy atom. The lowest BCUT2D eigenvalue weighted by Crippen LogP contribution is -2.00. The van der Waals surface area contributed by atoms with Gasteiger partial charge in [0.15, 0.2) is 0 Å². The van der Waals surface area contributed by atoms with E-state index in [0.29, 0.717) is 33.7 Å². The first kappa shape index (κ1) is 26.7. The summed E-state index contributed by atoms with van der Waals surface area (Å²) in [5.74, 6) is 0.330. The molecule has 2 heterocycles. The van der Waals surface area contributed by atoms with Crippen molar-refractivity contribution in [2.75, 3.05) is 0 Å². The van der Waals surface area contributed by atoms with Crippen LogP contribution in [0.15, 0.2) is 182 Å². The van der Waals surface area contributed by atoms with E-state index in [4.69, 9.17) is 18.2 Å². The number of phenols is 1. The van der Waals surface area contributed by atoms with E-state index >= 15 is 0 Å². The highest BCUT2D eigenvalue weighted by Crippen LogP contribution is 2.41. The second-order valence-electron chi connectivity index (χ2n) is 13.2. The van der Waals surface area contributed by atoms with Crippen LogP contribution in [0.1, 0.15) is 19.4 Å². The number of hydrogen-bond acceptors (Lipinski definition) is 3. The Morgan fingerprint density at radius 3 is 1.87 bits per heavy atom. The largest absolute Gasteiger partial charge is 0.507 e. The molecule has 0 atom stereocenters. The van der Waals surface area contributed by atoms with Crippen LogP contribution >= 0.6 is 0 Å². The van der Waals surface area contributed by atoms with Crippen LogP contribution in [0.3, 0.4) is 0 Å². The van der Waals surface area contributed by atoms with Gasteiger partial charge in [0, 0.05) is 31.2 Å². The highest BCUT2D eigenvalue weighted by molar-refractivity contribution is 5.98. The normalized spacial score (nSPS) is 13.3. The van der Waals surface area contributed by atoms with E-state index in [2.05, 4.69) is 48.5 Å². The molecule has 0 spiro atoms. The van der Waals surface area contributed by atoms with E-state index in [1.807, 2.05) is 77.5 Å². The fraction of sp³-hybridized carbons (Fsp3) is 0.0400. The number of para-hydroxylation sites is 2. The fourth-order valence-corrected chi connectivity index (χ4v) is 7.17. The van der Waals surface area contributed by atoms with Gasteiger partial charge in [0.05, 0.1) is 22.3 Å². The van der Waals surface area contributed by atoms with Gasteiger partial charge in [-0.2, -0.15) is 0 Å². The molecular formula is C50H37N3O. The first-order valence-electron chi connectivity index (χ1n) is 20.7. The molecule has 0 radical (unpaired) electrons. The Hall–Kier alpha value is -7.04. The molecule has 0 aliphatic rings. The van der Waals surface area contributed by atoms with Gasteiger partial charge in [0.2, 0.25) is 0 Å². The minimum absolute atomic E-state index is 0.0215. The summed E-state index contributed by atoms with van der Waals surface area (Å²) in [5.41, 5.74) is 9.78. The van der Waals surface area contributed by atoms with Crippen LogP contribution in [0.2, 0.25) is 0 Å². The van der Waals surface area contributed by atoms with Gasteiger partial charge in [0.25, 0.3) is 0 Å². The molecule has 7 aromatic carbocycles. The zero-order valence-electron chi connectivity index (χ0n) is 35.1. The molecule has 4 nitrogen and oxygen atoms in total. The molecule has 54 heavy (non-hydrogen) atoms. The first-order valence-corrected chi connectivity index (χ1v) is 17.7. The number of aromatic hydroxyl groups is 1. The van der Waals surface area contributed by atoms with Crippen LogP contribution in [-0.2, 0) is 0 Å². The lowest BCUT2D eigenvalue weighted by Gasteiger charge is -2.16. The molecule has 0 saturated heterocycles. The number of fused-ring (bicyclic) bond motifs is 1. The number of rotatable bonds is 7. The number of nitrogens with zero attached hydrogens (tertiary/aromatic N) is 3. The Bertz CT molecular complexity index is 3010. The van der Waals surface area contributed by atoms with Crippen molar-refractivity contribution < 1.29 is 13.3 Å². The molecule has 0 saturated carbocycles. The lowest BCUT2D eigenvalue weighted by atomic mass is 9.93. The topological polar surface area (TPSA) is 50.9 Å². The highest BCUT2D eigenvalue weighted by atomic mass is 16.3. The maximum Gasteiger partial charge on any atom is 0.149 e. The van der Waals surface area contributed by atoms with E-state index < -0.39 is 13.7 Å². The molecule has 0 aliphatic carbocycles. The maximum atomic E-state index is 11.3. The van der Waals surface area contributed by atoms with Crippen molar-refractivity contribution in [3.8, 4) is 78.6 Å². The molecule has 258 valence electrons. The average molecular weight is 702 g/mol. The second-order valence-corrected chi connectivity index (χ2v) is 13.2. The summed E-state index contributed by atoms with van der Waals surface area (Å²) in [7, 11) is 0. The third-order valence-electron chi connectivity index (χ3n) is 9.81.